The average molecular weight is 307 g/mol. The van der Waals surface area contributed by atoms with E-state index in [4.69, 9.17) is 5.26 Å². The van der Waals surface area contributed by atoms with Crippen LogP contribution in [0.1, 0.15) is 17.5 Å². The van der Waals surface area contributed by atoms with E-state index in [9.17, 15) is 8.42 Å². The predicted octanol–water partition coefficient (Wildman–Crippen LogP) is 1.27. The highest BCUT2D eigenvalue weighted by Crippen LogP contribution is 2.18. The Bertz CT molecular complexity index is 619. The zero-order valence-electron chi connectivity index (χ0n) is 12.5. The summed E-state index contributed by atoms with van der Waals surface area (Å²) < 4.78 is 26.2. The summed E-state index contributed by atoms with van der Waals surface area (Å²) in [4.78, 5) is 2.23. The van der Waals surface area contributed by atoms with E-state index in [1.165, 1.54) is 4.31 Å². The Hall–Kier alpha value is -1.42. The van der Waals surface area contributed by atoms with Crippen LogP contribution in [0.3, 0.4) is 0 Å². The van der Waals surface area contributed by atoms with Crippen LogP contribution in [0.2, 0.25) is 0 Å². The van der Waals surface area contributed by atoms with Crippen molar-refractivity contribution in [1.29, 1.82) is 5.26 Å². The van der Waals surface area contributed by atoms with Gasteiger partial charge in [0, 0.05) is 20.1 Å². The summed E-state index contributed by atoms with van der Waals surface area (Å²) >= 11 is 0. The molecule has 6 heteroatoms. The molecule has 0 bridgehead atoms. The minimum Gasteiger partial charge on any atom is -0.306 e. The van der Waals surface area contributed by atoms with Gasteiger partial charge in [-0.05, 0) is 43.6 Å². The molecule has 1 saturated heterocycles. The van der Waals surface area contributed by atoms with Crippen molar-refractivity contribution < 1.29 is 8.42 Å². The molecular weight excluding hydrogens is 286 g/mol. The lowest BCUT2D eigenvalue weighted by Gasteiger charge is -2.21. The number of benzene rings is 1. The Morgan fingerprint density at radius 2 is 2.05 bits per heavy atom. The molecule has 1 fully saturated rings. The molecule has 2 rings (SSSR count). The maximum Gasteiger partial charge on any atom is 0.218 e. The molecule has 0 amide bonds. The lowest BCUT2D eigenvalue weighted by Crippen LogP contribution is -2.33. The van der Waals surface area contributed by atoms with Crippen LogP contribution in [-0.2, 0) is 15.8 Å². The molecule has 0 radical (unpaired) electrons. The average Bonchev–Trinajstić information content (AvgIpc) is 2.84. The topological polar surface area (TPSA) is 64.4 Å². The smallest absolute Gasteiger partial charge is 0.218 e. The van der Waals surface area contributed by atoms with Crippen LogP contribution in [0, 0.1) is 17.2 Å². The first kappa shape index (κ1) is 16.0. The van der Waals surface area contributed by atoms with Gasteiger partial charge >= 0.3 is 0 Å². The summed E-state index contributed by atoms with van der Waals surface area (Å²) in [6.45, 7) is 2.56. The molecule has 1 aromatic rings. The van der Waals surface area contributed by atoms with E-state index in [1.807, 2.05) is 6.07 Å². The Morgan fingerprint density at radius 1 is 1.38 bits per heavy atom. The first-order chi connectivity index (χ1) is 9.90. The van der Waals surface area contributed by atoms with Crippen molar-refractivity contribution in [2.75, 3.05) is 33.7 Å². The molecule has 0 aromatic heterocycles. The standard InChI is InChI=1S/C15H21N3O2S/c1-17-8-7-15(10-17)11-18(2)21(19,20)12-14-5-3-13(9-16)4-6-14/h3-6,15H,7-8,10-12H2,1-2H3. The van der Waals surface area contributed by atoms with E-state index < -0.39 is 10.0 Å². The van der Waals surface area contributed by atoms with E-state index in [-0.39, 0.29) is 5.75 Å². The normalized spacial score (nSPS) is 19.8. The molecule has 1 aliphatic rings. The molecular formula is C15H21N3O2S. The molecule has 0 saturated carbocycles. The van der Waals surface area contributed by atoms with Gasteiger partial charge in [-0.25, -0.2) is 12.7 Å². The highest BCUT2D eigenvalue weighted by molar-refractivity contribution is 7.88. The van der Waals surface area contributed by atoms with Gasteiger partial charge in [-0.1, -0.05) is 12.1 Å². The predicted molar refractivity (Wildman–Crippen MR) is 82.0 cm³/mol. The summed E-state index contributed by atoms with van der Waals surface area (Å²) in [7, 11) is 0.405. The SMILES string of the molecule is CN1CCC(CN(C)S(=O)(=O)Cc2ccc(C#N)cc2)C1. The molecule has 1 aromatic carbocycles. The van der Waals surface area contributed by atoms with E-state index >= 15 is 0 Å². The van der Waals surface area contributed by atoms with Crippen LogP contribution in [0.15, 0.2) is 24.3 Å². The summed E-state index contributed by atoms with van der Waals surface area (Å²) in [5.41, 5.74) is 1.25. The van der Waals surface area contributed by atoms with Crippen molar-refractivity contribution >= 4 is 10.0 Å². The fourth-order valence-electron chi connectivity index (χ4n) is 2.65. The lowest BCUT2D eigenvalue weighted by atomic mass is 10.1. The number of nitriles is 1. The quantitative estimate of drug-likeness (QED) is 0.822. The first-order valence-corrected chi connectivity index (χ1v) is 8.63. The largest absolute Gasteiger partial charge is 0.306 e. The number of sulfonamides is 1. The van der Waals surface area contributed by atoms with Gasteiger partial charge in [-0.15, -0.1) is 0 Å². The maximum absolute atomic E-state index is 12.4. The minimum atomic E-state index is -3.31. The van der Waals surface area contributed by atoms with Gasteiger partial charge in [0.25, 0.3) is 0 Å². The second-order valence-corrected chi connectivity index (χ2v) is 7.84. The van der Waals surface area contributed by atoms with Gasteiger partial charge in [0.1, 0.15) is 0 Å². The second kappa shape index (κ2) is 6.56. The maximum atomic E-state index is 12.4. The highest BCUT2D eigenvalue weighted by atomic mass is 32.2. The van der Waals surface area contributed by atoms with Gasteiger partial charge in [0.2, 0.25) is 10.0 Å². The van der Waals surface area contributed by atoms with Crippen molar-refractivity contribution in [2.24, 2.45) is 5.92 Å². The molecule has 0 N–H and O–H groups in total. The van der Waals surface area contributed by atoms with Crippen LogP contribution in [0.25, 0.3) is 0 Å². The second-order valence-electron chi connectivity index (χ2n) is 5.76. The molecule has 0 spiro atoms. The van der Waals surface area contributed by atoms with Crippen molar-refractivity contribution in [3.63, 3.8) is 0 Å². The van der Waals surface area contributed by atoms with E-state index in [0.29, 0.717) is 23.6 Å². The fraction of sp³-hybridized carbons (Fsp3) is 0.533. The van der Waals surface area contributed by atoms with Crippen LogP contribution in [0.5, 0.6) is 0 Å². The molecule has 1 atom stereocenters. The Labute approximate surface area is 126 Å². The van der Waals surface area contributed by atoms with Crippen LogP contribution in [-0.4, -0.2) is 51.4 Å². The van der Waals surface area contributed by atoms with Gasteiger partial charge < -0.3 is 4.90 Å². The molecule has 114 valence electrons. The molecule has 0 aliphatic carbocycles. The summed E-state index contributed by atoms with van der Waals surface area (Å²) in [5, 5.41) is 8.75. The number of rotatable bonds is 5. The third kappa shape index (κ3) is 4.27. The summed E-state index contributed by atoms with van der Waals surface area (Å²) in [6.07, 6.45) is 1.05. The molecule has 5 nitrogen and oxygen atoms in total. The Balaban J connectivity index is 1.98. The van der Waals surface area contributed by atoms with Gasteiger partial charge in [0.15, 0.2) is 0 Å². The number of likely N-dealkylation sites (tertiary alicyclic amines) is 1. The third-order valence-electron chi connectivity index (χ3n) is 3.91. The van der Waals surface area contributed by atoms with Crippen LogP contribution < -0.4 is 0 Å². The van der Waals surface area contributed by atoms with Crippen molar-refractivity contribution in [3.05, 3.63) is 35.4 Å². The van der Waals surface area contributed by atoms with E-state index in [2.05, 4.69) is 11.9 Å². The summed E-state index contributed by atoms with van der Waals surface area (Å²) in [6, 6.07) is 8.73. The zero-order chi connectivity index (χ0) is 15.5. The number of hydrogen-bond acceptors (Lipinski definition) is 4. The first-order valence-electron chi connectivity index (χ1n) is 7.02. The van der Waals surface area contributed by atoms with Crippen LogP contribution >= 0.6 is 0 Å². The highest BCUT2D eigenvalue weighted by Gasteiger charge is 2.26. The van der Waals surface area contributed by atoms with Crippen molar-refractivity contribution in [3.8, 4) is 6.07 Å². The summed E-state index contributed by atoms with van der Waals surface area (Å²) in [5.74, 6) is 0.397. The monoisotopic (exact) mass is 307 g/mol. The molecule has 1 heterocycles. The van der Waals surface area contributed by atoms with Crippen molar-refractivity contribution in [2.45, 2.75) is 12.2 Å². The Kier molecular flexibility index (Phi) is 4.99. The lowest BCUT2D eigenvalue weighted by molar-refractivity contribution is 0.356. The van der Waals surface area contributed by atoms with Crippen LogP contribution in [0.4, 0.5) is 0 Å². The van der Waals surface area contributed by atoms with Gasteiger partial charge in [-0.2, -0.15) is 5.26 Å². The molecule has 1 unspecified atom stereocenters. The third-order valence-corrected chi connectivity index (χ3v) is 5.71. The molecule has 1 aliphatic heterocycles. The minimum absolute atomic E-state index is 0.0161. The van der Waals surface area contributed by atoms with Gasteiger partial charge in [0.05, 0.1) is 17.4 Å². The molecule has 21 heavy (non-hydrogen) atoms. The zero-order valence-corrected chi connectivity index (χ0v) is 13.3. The number of hydrogen-bond donors (Lipinski definition) is 0. The van der Waals surface area contributed by atoms with E-state index in [0.717, 1.165) is 19.5 Å². The van der Waals surface area contributed by atoms with E-state index in [1.54, 1.807) is 31.3 Å². The van der Waals surface area contributed by atoms with Gasteiger partial charge in [-0.3, -0.25) is 0 Å². The Morgan fingerprint density at radius 3 is 2.57 bits per heavy atom. The number of nitrogens with zero attached hydrogens (tertiary/aromatic N) is 3. The fourth-order valence-corrected chi connectivity index (χ4v) is 3.92. The van der Waals surface area contributed by atoms with Crippen molar-refractivity contribution in [1.82, 2.24) is 9.21 Å².